The lowest BCUT2D eigenvalue weighted by molar-refractivity contribution is 0.197. The molecule has 4 rings (SSSR count). The van der Waals surface area contributed by atoms with Crippen molar-refractivity contribution in [3.05, 3.63) is 90.3 Å². The van der Waals surface area contributed by atoms with Gasteiger partial charge in [0.15, 0.2) is 6.10 Å². The number of hydrogen-bond acceptors (Lipinski definition) is 5. The van der Waals surface area contributed by atoms with Gasteiger partial charge in [0.25, 0.3) is 0 Å². The molecule has 1 aliphatic heterocycles. The molecule has 0 amide bonds. The molecular formula is C18H14N4O. The minimum atomic E-state index is -0.177. The summed E-state index contributed by atoms with van der Waals surface area (Å²) in [6.07, 6.45) is 10.4. The van der Waals surface area contributed by atoms with Crippen molar-refractivity contribution in [2.75, 3.05) is 0 Å². The van der Waals surface area contributed by atoms with Crippen LogP contribution in [0.4, 0.5) is 0 Å². The molecule has 112 valence electrons. The third-order valence-electron chi connectivity index (χ3n) is 3.79. The molecule has 23 heavy (non-hydrogen) atoms. The zero-order valence-corrected chi connectivity index (χ0v) is 12.3. The first-order valence-corrected chi connectivity index (χ1v) is 7.36. The molecule has 4 heterocycles. The first kappa shape index (κ1) is 13.6. The Kier molecular flexibility index (Phi) is 3.52. The van der Waals surface area contributed by atoms with E-state index in [4.69, 9.17) is 9.73 Å². The molecule has 2 atom stereocenters. The number of aromatic nitrogens is 3. The van der Waals surface area contributed by atoms with Crippen molar-refractivity contribution >= 4 is 5.90 Å². The van der Waals surface area contributed by atoms with E-state index in [9.17, 15) is 0 Å². The summed E-state index contributed by atoms with van der Waals surface area (Å²) < 4.78 is 6.17. The summed E-state index contributed by atoms with van der Waals surface area (Å²) in [5.74, 6) is 0.635. The minimum Gasteiger partial charge on any atom is -0.467 e. The van der Waals surface area contributed by atoms with Gasteiger partial charge < -0.3 is 4.74 Å². The zero-order chi connectivity index (χ0) is 15.5. The summed E-state index contributed by atoms with van der Waals surface area (Å²) >= 11 is 0. The highest BCUT2D eigenvalue weighted by Crippen LogP contribution is 2.40. The van der Waals surface area contributed by atoms with Gasteiger partial charge in [-0.2, -0.15) is 0 Å². The smallest absolute Gasteiger partial charge is 0.217 e. The Morgan fingerprint density at radius 2 is 1.17 bits per heavy atom. The van der Waals surface area contributed by atoms with Crippen molar-refractivity contribution in [1.29, 1.82) is 0 Å². The Labute approximate surface area is 133 Å². The molecule has 3 aromatic rings. The van der Waals surface area contributed by atoms with Gasteiger partial charge in [-0.25, -0.2) is 4.99 Å². The highest BCUT2D eigenvalue weighted by molar-refractivity contribution is 5.95. The molecule has 0 unspecified atom stereocenters. The molecule has 0 fully saturated rings. The van der Waals surface area contributed by atoms with E-state index in [-0.39, 0.29) is 12.1 Å². The van der Waals surface area contributed by atoms with Gasteiger partial charge in [0.2, 0.25) is 5.90 Å². The van der Waals surface area contributed by atoms with Crippen LogP contribution in [0.15, 0.2) is 78.6 Å². The quantitative estimate of drug-likeness (QED) is 0.746. The number of nitrogens with zero attached hydrogens (tertiary/aromatic N) is 4. The monoisotopic (exact) mass is 302 g/mol. The van der Waals surface area contributed by atoms with Crippen LogP contribution in [-0.4, -0.2) is 20.8 Å². The van der Waals surface area contributed by atoms with Crippen LogP contribution in [-0.2, 0) is 4.74 Å². The van der Waals surface area contributed by atoms with Gasteiger partial charge in [-0.15, -0.1) is 0 Å². The van der Waals surface area contributed by atoms with Crippen molar-refractivity contribution in [1.82, 2.24) is 15.0 Å². The number of hydrogen-bond donors (Lipinski definition) is 0. The van der Waals surface area contributed by atoms with E-state index in [0.717, 1.165) is 16.7 Å². The highest BCUT2D eigenvalue weighted by Gasteiger charge is 2.34. The Balaban J connectivity index is 1.75. The summed E-state index contributed by atoms with van der Waals surface area (Å²) in [6.45, 7) is 0. The number of pyridine rings is 3. The third kappa shape index (κ3) is 2.68. The largest absolute Gasteiger partial charge is 0.467 e. The molecule has 3 aromatic heterocycles. The van der Waals surface area contributed by atoms with Gasteiger partial charge in [-0.05, 0) is 47.5 Å². The Morgan fingerprint density at radius 3 is 1.78 bits per heavy atom. The van der Waals surface area contributed by atoms with Crippen LogP contribution in [0.25, 0.3) is 0 Å². The van der Waals surface area contributed by atoms with E-state index in [1.807, 2.05) is 36.4 Å². The van der Waals surface area contributed by atoms with Crippen molar-refractivity contribution in [3.63, 3.8) is 0 Å². The van der Waals surface area contributed by atoms with Crippen molar-refractivity contribution < 1.29 is 4.74 Å². The van der Waals surface area contributed by atoms with E-state index >= 15 is 0 Å². The molecular weight excluding hydrogens is 288 g/mol. The number of rotatable bonds is 3. The average molecular weight is 302 g/mol. The Morgan fingerprint density at radius 1 is 0.652 bits per heavy atom. The van der Waals surface area contributed by atoms with Crippen LogP contribution in [0.3, 0.4) is 0 Å². The SMILES string of the molecule is c1cc(C2=N[C@H](c3ccncc3)[C@H](c3ccncc3)O2)ccn1. The fraction of sp³-hybridized carbons (Fsp3) is 0.111. The van der Waals surface area contributed by atoms with Crippen LogP contribution in [0.1, 0.15) is 28.8 Å². The second-order valence-electron chi connectivity index (χ2n) is 5.21. The lowest BCUT2D eigenvalue weighted by Crippen LogP contribution is -2.09. The van der Waals surface area contributed by atoms with Crippen molar-refractivity contribution in [2.24, 2.45) is 4.99 Å². The highest BCUT2D eigenvalue weighted by atomic mass is 16.5. The predicted molar refractivity (Wildman–Crippen MR) is 85.8 cm³/mol. The van der Waals surface area contributed by atoms with E-state index in [2.05, 4.69) is 15.0 Å². The second kappa shape index (κ2) is 5.96. The van der Waals surface area contributed by atoms with Crippen LogP contribution < -0.4 is 0 Å². The maximum absolute atomic E-state index is 6.17. The topological polar surface area (TPSA) is 60.3 Å². The van der Waals surface area contributed by atoms with E-state index in [1.54, 1.807) is 37.2 Å². The molecule has 0 radical (unpaired) electrons. The molecule has 1 aliphatic rings. The average Bonchev–Trinajstić information content (AvgIpc) is 3.09. The molecule has 0 bridgehead atoms. The third-order valence-corrected chi connectivity index (χ3v) is 3.79. The van der Waals surface area contributed by atoms with Crippen LogP contribution in [0.2, 0.25) is 0 Å². The van der Waals surface area contributed by atoms with Gasteiger partial charge in [0.1, 0.15) is 6.04 Å². The first-order valence-electron chi connectivity index (χ1n) is 7.36. The Bertz CT molecular complexity index is 806. The lowest BCUT2D eigenvalue weighted by Gasteiger charge is -2.18. The van der Waals surface area contributed by atoms with E-state index < -0.39 is 0 Å². The first-order chi connectivity index (χ1) is 11.4. The van der Waals surface area contributed by atoms with E-state index in [1.165, 1.54) is 0 Å². The fourth-order valence-electron chi connectivity index (χ4n) is 2.66. The summed E-state index contributed by atoms with van der Waals surface area (Å²) in [5.41, 5.74) is 3.05. The van der Waals surface area contributed by atoms with Gasteiger partial charge in [0.05, 0.1) is 0 Å². The molecule has 0 aromatic carbocycles. The molecule has 0 N–H and O–H groups in total. The standard InChI is InChI=1S/C18H14N4O/c1-7-19-8-2-13(1)16-17(14-3-9-20-10-4-14)23-18(22-16)15-5-11-21-12-6-15/h1-12,16-17H/t16-,17+/m1/s1. The van der Waals surface area contributed by atoms with Gasteiger partial charge >= 0.3 is 0 Å². The van der Waals surface area contributed by atoms with Gasteiger partial charge in [-0.3, -0.25) is 15.0 Å². The summed E-state index contributed by atoms with van der Waals surface area (Å²) in [4.78, 5) is 17.0. The molecule has 0 spiro atoms. The van der Waals surface area contributed by atoms with Gasteiger partial charge in [0, 0.05) is 42.7 Å². The summed E-state index contributed by atoms with van der Waals surface area (Å²) in [7, 11) is 0. The number of ether oxygens (including phenoxy) is 1. The number of aliphatic imine (C=N–C) groups is 1. The lowest BCUT2D eigenvalue weighted by atomic mass is 9.98. The molecule has 5 heteroatoms. The normalized spacial score (nSPS) is 19.9. The van der Waals surface area contributed by atoms with Crippen molar-refractivity contribution in [2.45, 2.75) is 12.1 Å². The van der Waals surface area contributed by atoms with Crippen molar-refractivity contribution in [3.8, 4) is 0 Å². The second-order valence-corrected chi connectivity index (χ2v) is 5.21. The zero-order valence-electron chi connectivity index (χ0n) is 12.3. The molecule has 0 saturated carbocycles. The Hall–Kier alpha value is -3.08. The maximum atomic E-state index is 6.17. The summed E-state index contributed by atoms with van der Waals surface area (Å²) in [5, 5.41) is 0. The maximum Gasteiger partial charge on any atom is 0.217 e. The molecule has 0 aliphatic carbocycles. The summed E-state index contributed by atoms with van der Waals surface area (Å²) in [6, 6.07) is 11.6. The van der Waals surface area contributed by atoms with Crippen LogP contribution >= 0.6 is 0 Å². The minimum absolute atomic E-state index is 0.108. The fourth-order valence-corrected chi connectivity index (χ4v) is 2.66. The van der Waals surface area contributed by atoms with Gasteiger partial charge in [-0.1, -0.05) is 0 Å². The van der Waals surface area contributed by atoms with Crippen LogP contribution in [0, 0.1) is 0 Å². The molecule has 0 saturated heterocycles. The molecule has 5 nitrogen and oxygen atoms in total. The predicted octanol–water partition coefficient (Wildman–Crippen LogP) is 3.13. The van der Waals surface area contributed by atoms with Crippen LogP contribution in [0.5, 0.6) is 0 Å². The van der Waals surface area contributed by atoms with E-state index in [0.29, 0.717) is 5.90 Å².